The number of hydrogen-bond donors (Lipinski definition) is 1. The Kier molecular flexibility index (Phi) is 7.72. The summed E-state index contributed by atoms with van der Waals surface area (Å²) in [4.78, 5) is 5.20. The van der Waals surface area contributed by atoms with Crippen LogP contribution in [0.15, 0.2) is 31.4 Å². The Bertz CT molecular complexity index is 385. The molecule has 1 aromatic rings. The highest BCUT2D eigenvalue weighted by molar-refractivity contribution is 7.12. The lowest BCUT2D eigenvalue weighted by atomic mass is 10.2. The van der Waals surface area contributed by atoms with Crippen molar-refractivity contribution in [3.63, 3.8) is 0 Å². The predicted octanol–water partition coefficient (Wildman–Crippen LogP) is 3.73. The standard InChI is InChI=1S/C16H26N2S/c1-5-8-17-12-16-11-15(14(4)19-16)13-18(9-6-2)10-7-3/h6-7,11,17H,2-3,5,8-10,12-13H2,1,4H3. The zero-order valence-electron chi connectivity index (χ0n) is 12.2. The van der Waals surface area contributed by atoms with Crippen LogP contribution in [0.3, 0.4) is 0 Å². The van der Waals surface area contributed by atoms with E-state index in [4.69, 9.17) is 0 Å². The van der Waals surface area contributed by atoms with E-state index in [2.05, 4.69) is 43.3 Å². The van der Waals surface area contributed by atoms with Crippen LogP contribution in [0.25, 0.3) is 0 Å². The molecule has 0 fully saturated rings. The van der Waals surface area contributed by atoms with Crippen molar-refractivity contribution in [2.45, 2.75) is 33.4 Å². The Morgan fingerprint density at radius 1 is 1.32 bits per heavy atom. The Labute approximate surface area is 121 Å². The summed E-state index contributed by atoms with van der Waals surface area (Å²) in [6, 6.07) is 2.34. The van der Waals surface area contributed by atoms with Gasteiger partial charge in [-0.05, 0) is 31.5 Å². The minimum absolute atomic E-state index is 0.907. The molecule has 3 heteroatoms. The number of hydrogen-bond acceptors (Lipinski definition) is 3. The number of aryl methyl sites for hydroxylation is 1. The zero-order valence-corrected chi connectivity index (χ0v) is 13.1. The van der Waals surface area contributed by atoms with Crippen LogP contribution in [0.4, 0.5) is 0 Å². The Morgan fingerprint density at radius 2 is 2.00 bits per heavy atom. The molecule has 0 radical (unpaired) electrons. The molecule has 1 aromatic heterocycles. The summed E-state index contributed by atoms with van der Waals surface area (Å²) in [6.07, 6.45) is 5.09. The molecule has 0 saturated carbocycles. The average Bonchev–Trinajstić information content (AvgIpc) is 2.71. The Balaban J connectivity index is 2.60. The van der Waals surface area contributed by atoms with Crippen LogP contribution < -0.4 is 5.32 Å². The highest BCUT2D eigenvalue weighted by Gasteiger charge is 2.09. The molecule has 1 rings (SSSR count). The van der Waals surface area contributed by atoms with Gasteiger partial charge in [0.2, 0.25) is 0 Å². The molecule has 0 bridgehead atoms. The van der Waals surface area contributed by atoms with Crippen molar-refractivity contribution < 1.29 is 0 Å². The van der Waals surface area contributed by atoms with Crippen molar-refractivity contribution in [3.05, 3.63) is 46.7 Å². The molecular formula is C16H26N2S. The van der Waals surface area contributed by atoms with E-state index < -0.39 is 0 Å². The SMILES string of the molecule is C=CCN(CC=C)Cc1cc(CNCCC)sc1C. The fourth-order valence-electron chi connectivity index (χ4n) is 2.03. The summed E-state index contributed by atoms with van der Waals surface area (Å²) in [6.45, 7) is 16.9. The van der Waals surface area contributed by atoms with E-state index in [0.717, 1.165) is 32.7 Å². The molecule has 106 valence electrons. The van der Waals surface area contributed by atoms with Crippen molar-refractivity contribution in [2.24, 2.45) is 0 Å². The highest BCUT2D eigenvalue weighted by Crippen LogP contribution is 2.23. The van der Waals surface area contributed by atoms with Crippen LogP contribution in [0.2, 0.25) is 0 Å². The number of rotatable bonds is 10. The van der Waals surface area contributed by atoms with Gasteiger partial charge in [0.1, 0.15) is 0 Å². The van der Waals surface area contributed by atoms with Gasteiger partial charge in [0, 0.05) is 35.9 Å². The lowest BCUT2D eigenvalue weighted by Crippen LogP contribution is -2.23. The van der Waals surface area contributed by atoms with Crippen LogP contribution in [-0.2, 0) is 13.1 Å². The van der Waals surface area contributed by atoms with Crippen molar-refractivity contribution in [3.8, 4) is 0 Å². The van der Waals surface area contributed by atoms with Gasteiger partial charge in [0.25, 0.3) is 0 Å². The van der Waals surface area contributed by atoms with Gasteiger partial charge in [-0.1, -0.05) is 19.1 Å². The van der Waals surface area contributed by atoms with Gasteiger partial charge in [-0.25, -0.2) is 0 Å². The molecule has 1 heterocycles. The molecule has 0 saturated heterocycles. The first kappa shape index (κ1) is 16.2. The summed E-state index contributed by atoms with van der Waals surface area (Å²) in [5.74, 6) is 0. The van der Waals surface area contributed by atoms with Crippen LogP contribution in [0, 0.1) is 6.92 Å². The molecular weight excluding hydrogens is 252 g/mol. The third-order valence-electron chi connectivity index (χ3n) is 2.97. The topological polar surface area (TPSA) is 15.3 Å². The molecule has 0 amide bonds. The van der Waals surface area contributed by atoms with E-state index in [1.54, 1.807) is 0 Å². The van der Waals surface area contributed by atoms with Crippen molar-refractivity contribution >= 4 is 11.3 Å². The molecule has 0 aliphatic heterocycles. The van der Waals surface area contributed by atoms with Crippen LogP contribution >= 0.6 is 11.3 Å². The predicted molar refractivity (Wildman–Crippen MR) is 86.7 cm³/mol. The third-order valence-corrected chi connectivity index (χ3v) is 4.06. The van der Waals surface area contributed by atoms with Gasteiger partial charge in [-0.2, -0.15) is 0 Å². The maximum Gasteiger partial charge on any atom is 0.0299 e. The van der Waals surface area contributed by atoms with Crippen molar-refractivity contribution in [1.29, 1.82) is 0 Å². The maximum absolute atomic E-state index is 3.82. The third kappa shape index (κ3) is 5.72. The minimum atomic E-state index is 0.907. The summed E-state index contributed by atoms with van der Waals surface area (Å²) >= 11 is 1.90. The first-order chi connectivity index (χ1) is 9.21. The van der Waals surface area contributed by atoms with E-state index in [1.807, 2.05) is 23.5 Å². The minimum Gasteiger partial charge on any atom is -0.312 e. The lowest BCUT2D eigenvalue weighted by molar-refractivity contribution is 0.327. The molecule has 1 N–H and O–H groups in total. The molecule has 19 heavy (non-hydrogen) atoms. The largest absolute Gasteiger partial charge is 0.312 e. The van der Waals surface area contributed by atoms with Gasteiger partial charge >= 0.3 is 0 Å². The molecule has 0 spiro atoms. The van der Waals surface area contributed by atoms with E-state index >= 15 is 0 Å². The molecule has 2 nitrogen and oxygen atoms in total. The summed E-state index contributed by atoms with van der Waals surface area (Å²) < 4.78 is 0. The molecule has 0 aliphatic carbocycles. The van der Waals surface area contributed by atoms with E-state index in [-0.39, 0.29) is 0 Å². The van der Waals surface area contributed by atoms with E-state index in [1.165, 1.54) is 21.7 Å². The van der Waals surface area contributed by atoms with Gasteiger partial charge < -0.3 is 5.32 Å². The van der Waals surface area contributed by atoms with Crippen molar-refractivity contribution in [1.82, 2.24) is 10.2 Å². The number of nitrogens with zero attached hydrogens (tertiary/aromatic N) is 1. The normalized spacial score (nSPS) is 10.9. The summed E-state index contributed by atoms with van der Waals surface area (Å²) in [5.41, 5.74) is 1.43. The molecule has 0 aliphatic rings. The van der Waals surface area contributed by atoms with Gasteiger partial charge in [0.05, 0.1) is 0 Å². The first-order valence-electron chi connectivity index (χ1n) is 6.94. The second-order valence-corrected chi connectivity index (χ2v) is 6.08. The maximum atomic E-state index is 3.82. The smallest absolute Gasteiger partial charge is 0.0299 e. The van der Waals surface area contributed by atoms with Crippen LogP contribution in [0.5, 0.6) is 0 Å². The van der Waals surface area contributed by atoms with Gasteiger partial charge in [0.15, 0.2) is 0 Å². The second kappa shape index (κ2) is 9.08. The lowest BCUT2D eigenvalue weighted by Gasteiger charge is -2.18. The summed E-state index contributed by atoms with van der Waals surface area (Å²) in [5, 5.41) is 3.46. The van der Waals surface area contributed by atoms with E-state index in [0.29, 0.717) is 0 Å². The number of nitrogens with one attached hydrogen (secondary N) is 1. The molecule has 0 aromatic carbocycles. The Morgan fingerprint density at radius 3 is 2.58 bits per heavy atom. The number of thiophene rings is 1. The zero-order chi connectivity index (χ0) is 14.1. The fraction of sp³-hybridized carbons (Fsp3) is 0.500. The first-order valence-corrected chi connectivity index (χ1v) is 7.76. The van der Waals surface area contributed by atoms with Gasteiger partial charge in [-0.3, -0.25) is 4.90 Å². The highest BCUT2D eigenvalue weighted by atomic mass is 32.1. The quantitative estimate of drug-likeness (QED) is 0.518. The fourth-order valence-corrected chi connectivity index (χ4v) is 3.05. The van der Waals surface area contributed by atoms with Crippen molar-refractivity contribution in [2.75, 3.05) is 19.6 Å². The molecule has 0 unspecified atom stereocenters. The van der Waals surface area contributed by atoms with Crippen LogP contribution in [-0.4, -0.2) is 24.5 Å². The average molecular weight is 278 g/mol. The van der Waals surface area contributed by atoms with Crippen LogP contribution in [0.1, 0.15) is 28.7 Å². The Hall–Kier alpha value is -0.900. The molecule has 0 atom stereocenters. The summed E-state index contributed by atoms with van der Waals surface area (Å²) in [7, 11) is 0. The second-order valence-electron chi connectivity index (χ2n) is 4.74. The van der Waals surface area contributed by atoms with E-state index in [9.17, 15) is 0 Å². The monoisotopic (exact) mass is 278 g/mol. The van der Waals surface area contributed by atoms with Gasteiger partial charge in [-0.15, -0.1) is 24.5 Å².